The molecule has 0 aromatic heterocycles. The van der Waals surface area contributed by atoms with Crippen molar-refractivity contribution in [3.8, 4) is 0 Å². The van der Waals surface area contributed by atoms with Crippen LogP contribution in [0.3, 0.4) is 0 Å². The lowest BCUT2D eigenvalue weighted by Gasteiger charge is -2.33. The summed E-state index contributed by atoms with van der Waals surface area (Å²) in [5.74, 6) is 0.704. The monoisotopic (exact) mass is 196 g/mol. The summed E-state index contributed by atoms with van der Waals surface area (Å²) in [7, 11) is 2.07. The minimum absolute atomic E-state index is 0.203. The van der Waals surface area contributed by atoms with Crippen LogP contribution in [-0.2, 0) is 0 Å². The van der Waals surface area contributed by atoms with Gasteiger partial charge in [-0.15, -0.1) is 0 Å². The lowest BCUT2D eigenvalue weighted by atomic mass is 9.98. The quantitative estimate of drug-likeness (QED) is 0.647. The van der Waals surface area contributed by atoms with Crippen LogP contribution in [0.15, 0.2) is 4.99 Å². The number of hydrogen-bond acceptors (Lipinski definition) is 4. The maximum Gasteiger partial charge on any atom is 0.191 e. The Bertz CT molecular complexity index is 261. The summed E-state index contributed by atoms with van der Waals surface area (Å²) >= 11 is 0. The van der Waals surface area contributed by atoms with Gasteiger partial charge in [-0.05, 0) is 20.3 Å². The van der Waals surface area contributed by atoms with E-state index in [-0.39, 0.29) is 5.54 Å². The molecule has 1 atom stereocenters. The second-order valence-electron chi connectivity index (χ2n) is 4.77. The Morgan fingerprint density at radius 1 is 1.50 bits per heavy atom. The molecule has 1 unspecified atom stereocenters. The van der Waals surface area contributed by atoms with Crippen LogP contribution >= 0.6 is 0 Å². The highest BCUT2D eigenvalue weighted by Gasteiger charge is 2.45. The fourth-order valence-electron chi connectivity index (χ4n) is 2.41. The number of nitrogens with zero attached hydrogens (tertiary/aromatic N) is 3. The molecule has 2 aliphatic rings. The highest BCUT2D eigenvalue weighted by molar-refractivity contribution is 5.80. The molecular weight excluding hydrogens is 176 g/mol. The van der Waals surface area contributed by atoms with E-state index in [1.165, 1.54) is 13.0 Å². The van der Waals surface area contributed by atoms with Crippen molar-refractivity contribution in [2.45, 2.75) is 31.8 Å². The fraction of sp³-hybridized carbons (Fsp3) is 0.900. The van der Waals surface area contributed by atoms with Gasteiger partial charge in [0, 0.05) is 26.2 Å². The van der Waals surface area contributed by atoms with Crippen molar-refractivity contribution in [3.05, 3.63) is 0 Å². The van der Waals surface area contributed by atoms with Gasteiger partial charge >= 0.3 is 0 Å². The Hall–Kier alpha value is -0.770. The lowest BCUT2D eigenvalue weighted by Crippen LogP contribution is -2.51. The van der Waals surface area contributed by atoms with Gasteiger partial charge in [0.2, 0.25) is 0 Å². The molecule has 0 aromatic rings. The average molecular weight is 196 g/mol. The zero-order valence-corrected chi connectivity index (χ0v) is 9.32. The van der Waals surface area contributed by atoms with E-state index in [2.05, 4.69) is 35.7 Å². The van der Waals surface area contributed by atoms with E-state index < -0.39 is 0 Å². The number of aliphatic imine (C=N–C) groups is 1. The fourth-order valence-corrected chi connectivity index (χ4v) is 2.41. The first-order valence-corrected chi connectivity index (χ1v) is 5.33. The summed E-state index contributed by atoms with van der Waals surface area (Å²) in [5, 5.41) is 0. The van der Waals surface area contributed by atoms with Crippen LogP contribution in [0.4, 0.5) is 0 Å². The summed E-state index contributed by atoms with van der Waals surface area (Å²) in [5.41, 5.74) is 6.01. The molecule has 0 saturated carbocycles. The number of guanidine groups is 1. The molecule has 0 aliphatic carbocycles. The normalized spacial score (nSPS) is 33.4. The zero-order valence-electron chi connectivity index (χ0n) is 9.32. The topological polar surface area (TPSA) is 44.9 Å². The van der Waals surface area contributed by atoms with E-state index in [1.807, 2.05) is 0 Å². The number of rotatable bonds is 1. The maximum absolute atomic E-state index is 5.81. The minimum Gasteiger partial charge on any atom is -0.370 e. The van der Waals surface area contributed by atoms with Crippen molar-refractivity contribution in [3.63, 3.8) is 0 Å². The molecule has 0 aromatic carbocycles. The van der Waals surface area contributed by atoms with Gasteiger partial charge in [0.05, 0.1) is 12.1 Å². The third-order valence-electron chi connectivity index (χ3n) is 3.68. The first kappa shape index (κ1) is 9.77. The third-order valence-corrected chi connectivity index (χ3v) is 3.68. The van der Waals surface area contributed by atoms with E-state index in [9.17, 15) is 0 Å². The van der Waals surface area contributed by atoms with Gasteiger partial charge in [-0.1, -0.05) is 0 Å². The van der Waals surface area contributed by atoms with E-state index in [0.717, 1.165) is 13.1 Å². The van der Waals surface area contributed by atoms with Gasteiger partial charge in [-0.25, -0.2) is 0 Å². The number of likely N-dealkylation sites (tertiary alicyclic amines) is 1. The van der Waals surface area contributed by atoms with Crippen molar-refractivity contribution in [2.24, 2.45) is 10.7 Å². The summed E-state index contributed by atoms with van der Waals surface area (Å²) in [6, 6.07) is 0.629. The summed E-state index contributed by atoms with van der Waals surface area (Å²) < 4.78 is 0. The van der Waals surface area contributed by atoms with Gasteiger partial charge in [0.25, 0.3) is 0 Å². The van der Waals surface area contributed by atoms with Crippen molar-refractivity contribution in [2.75, 3.05) is 26.7 Å². The molecule has 0 amide bonds. The largest absolute Gasteiger partial charge is 0.370 e. The summed E-state index contributed by atoms with van der Waals surface area (Å²) in [6.45, 7) is 7.64. The lowest BCUT2D eigenvalue weighted by molar-refractivity contribution is 0.203. The molecule has 2 N–H and O–H groups in total. The van der Waals surface area contributed by atoms with Gasteiger partial charge in [0.1, 0.15) is 0 Å². The van der Waals surface area contributed by atoms with E-state index >= 15 is 0 Å². The predicted molar refractivity (Wildman–Crippen MR) is 58.3 cm³/mol. The minimum atomic E-state index is 0.203. The SMILES string of the molecule is CC(C)N1CCC2(CN=C(N)N2C)C1. The Kier molecular flexibility index (Phi) is 2.18. The summed E-state index contributed by atoms with van der Waals surface area (Å²) in [4.78, 5) is 9.01. The second kappa shape index (κ2) is 3.12. The molecule has 0 radical (unpaired) electrons. The molecule has 4 heteroatoms. The van der Waals surface area contributed by atoms with Crippen molar-refractivity contribution in [1.29, 1.82) is 0 Å². The van der Waals surface area contributed by atoms with E-state index in [4.69, 9.17) is 5.73 Å². The van der Waals surface area contributed by atoms with E-state index in [0.29, 0.717) is 12.0 Å². The van der Waals surface area contributed by atoms with Crippen LogP contribution < -0.4 is 5.73 Å². The highest BCUT2D eigenvalue weighted by Crippen LogP contribution is 2.31. The Morgan fingerprint density at radius 2 is 2.21 bits per heavy atom. The van der Waals surface area contributed by atoms with Crippen LogP contribution in [0.1, 0.15) is 20.3 Å². The van der Waals surface area contributed by atoms with E-state index in [1.54, 1.807) is 0 Å². The number of nitrogens with two attached hydrogens (primary N) is 1. The molecule has 1 saturated heterocycles. The smallest absolute Gasteiger partial charge is 0.191 e. The summed E-state index contributed by atoms with van der Waals surface area (Å²) in [6.07, 6.45) is 1.19. The molecule has 1 spiro atoms. The number of hydrogen-bond donors (Lipinski definition) is 1. The predicted octanol–water partition coefficient (Wildman–Crippen LogP) is 0.0994. The first-order valence-electron chi connectivity index (χ1n) is 5.33. The van der Waals surface area contributed by atoms with Crippen LogP contribution in [0, 0.1) is 0 Å². The van der Waals surface area contributed by atoms with Crippen molar-refractivity contribution >= 4 is 5.96 Å². The van der Waals surface area contributed by atoms with Gasteiger partial charge in [-0.2, -0.15) is 0 Å². The number of likely N-dealkylation sites (N-methyl/N-ethyl adjacent to an activating group) is 1. The molecule has 2 heterocycles. The van der Waals surface area contributed by atoms with Gasteiger partial charge in [-0.3, -0.25) is 9.89 Å². The Labute approximate surface area is 85.8 Å². The molecule has 14 heavy (non-hydrogen) atoms. The molecular formula is C10H20N4. The molecule has 2 aliphatic heterocycles. The average Bonchev–Trinajstić information content (AvgIpc) is 2.68. The van der Waals surface area contributed by atoms with Crippen molar-refractivity contribution in [1.82, 2.24) is 9.80 Å². The van der Waals surface area contributed by atoms with Crippen LogP contribution in [-0.4, -0.2) is 54.0 Å². The Morgan fingerprint density at radius 3 is 2.64 bits per heavy atom. The van der Waals surface area contributed by atoms with Crippen molar-refractivity contribution < 1.29 is 0 Å². The standard InChI is InChI=1S/C10H20N4/c1-8(2)14-5-4-10(7-14)6-12-9(11)13(10)3/h8H,4-7H2,1-3H3,(H2,11,12). The molecule has 4 nitrogen and oxygen atoms in total. The first-order chi connectivity index (χ1) is 6.55. The van der Waals surface area contributed by atoms with Crippen LogP contribution in [0.2, 0.25) is 0 Å². The molecule has 2 rings (SSSR count). The Balaban J connectivity index is 2.08. The van der Waals surface area contributed by atoms with Crippen LogP contribution in [0.25, 0.3) is 0 Å². The van der Waals surface area contributed by atoms with Gasteiger partial charge < -0.3 is 10.6 Å². The molecule has 0 bridgehead atoms. The van der Waals surface area contributed by atoms with Crippen LogP contribution in [0.5, 0.6) is 0 Å². The van der Waals surface area contributed by atoms with Gasteiger partial charge in [0.15, 0.2) is 5.96 Å². The highest BCUT2D eigenvalue weighted by atomic mass is 15.4. The second-order valence-corrected chi connectivity index (χ2v) is 4.77. The zero-order chi connectivity index (χ0) is 10.3. The molecule has 80 valence electrons. The third kappa shape index (κ3) is 1.29. The molecule has 1 fully saturated rings. The maximum atomic E-state index is 5.81.